The van der Waals surface area contributed by atoms with Crippen LogP contribution in [0.25, 0.3) is 6.08 Å². The molecule has 13 heteroatoms. The van der Waals surface area contributed by atoms with Crippen LogP contribution in [0.5, 0.6) is 5.75 Å². The van der Waals surface area contributed by atoms with Crippen LogP contribution in [0.3, 0.4) is 0 Å². The highest BCUT2D eigenvalue weighted by Gasteiger charge is 2.41. The molecule has 0 aliphatic carbocycles. The number of primary amides is 1. The van der Waals surface area contributed by atoms with Gasteiger partial charge < -0.3 is 30.7 Å². The molecule has 4 aromatic rings. The summed E-state index contributed by atoms with van der Waals surface area (Å²) in [5, 5.41) is 6.67. The number of alkyl halides is 3. The van der Waals surface area contributed by atoms with Crippen LogP contribution in [0.2, 0.25) is 10.0 Å². The van der Waals surface area contributed by atoms with Crippen LogP contribution in [-0.2, 0) is 28.9 Å². The van der Waals surface area contributed by atoms with E-state index in [1.165, 1.54) is 18.0 Å². The van der Waals surface area contributed by atoms with Gasteiger partial charge in [0.25, 0.3) is 5.91 Å². The number of nitrogens with two attached hydrogens (primary N) is 1. The molecule has 250 valence electrons. The summed E-state index contributed by atoms with van der Waals surface area (Å²) in [7, 11) is 1.43. The summed E-state index contributed by atoms with van der Waals surface area (Å²) < 4.78 is 53.1. The molecule has 1 aliphatic rings. The molecule has 8 nitrogen and oxygen atoms in total. The number of nitrogens with one attached hydrogen (secondary N) is 2. The van der Waals surface area contributed by atoms with Crippen molar-refractivity contribution in [1.82, 2.24) is 10.2 Å². The Balaban J connectivity index is 1.52. The predicted molar refractivity (Wildman–Crippen MR) is 178 cm³/mol. The fourth-order valence-corrected chi connectivity index (χ4v) is 5.63. The van der Waals surface area contributed by atoms with Gasteiger partial charge in [-0.25, -0.2) is 4.79 Å². The zero-order valence-corrected chi connectivity index (χ0v) is 27.3. The summed E-state index contributed by atoms with van der Waals surface area (Å²) in [6.45, 7) is 1.94. The number of carbonyl (C=O) groups excluding carboxylic acids is 2. The highest BCUT2D eigenvalue weighted by atomic mass is 35.5. The summed E-state index contributed by atoms with van der Waals surface area (Å²) in [4.78, 5) is 27.3. The van der Waals surface area contributed by atoms with Gasteiger partial charge in [-0.1, -0.05) is 71.7 Å². The highest BCUT2D eigenvalue weighted by molar-refractivity contribution is 6.31. The van der Waals surface area contributed by atoms with Crippen molar-refractivity contribution < 1.29 is 32.2 Å². The summed E-state index contributed by atoms with van der Waals surface area (Å²) >= 11 is 12.7. The number of hydrogen-bond donors (Lipinski definition) is 3. The molecular formula is C35H31Cl2F3N4O4. The van der Waals surface area contributed by atoms with Crippen molar-refractivity contribution >= 4 is 46.9 Å². The standard InChI is InChI=1S/C35H31Cl2F3N4O4/c1-34(48-20-23-9-4-6-13-28(23)37)30(18-24-17-26(14-15-29(24)43-34)47-19-22-8-3-5-12-27(22)36)44(2)32(45)31(42-33(41)46)21-10-7-11-25(16-21)35(38,39)40/h3-18,31,43H,19-20H2,1-2H3,(H3,41,42,46). The summed E-state index contributed by atoms with van der Waals surface area (Å²) in [6, 6.07) is 21.2. The number of amides is 3. The minimum Gasteiger partial charge on any atom is -0.489 e. The highest BCUT2D eigenvalue weighted by Crippen LogP contribution is 2.39. The van der Waals surface area contributed by atoms with Crippen molar-refractivity contribution in [1.29, 1.82) is 0 Å². The van der Waals surface area contributed by atoms with Crippen molar-refractivity contribution in [3.8, 4) is 5.75 Å². The van der Waals surface area contributed by atoms with Gasteiger partial charge >= 0.3 is 12.2 Å². The van der Waals surface area contributed by atoms with Crippen molar-refractivity contribution in [2.24, 2.45) is 5.73 Å². The smallest absolute Gasteiger partial charge is 0.416 e. The van der Waals surface area contributed by atoms with Gasteiger partial charge in [0.1, 0.15) is 18.4 Å². The maximum absolute atomic E-state index is 14.1. The molecular weight excluding hydrogens is 668 g/mol. The second-order valence-electron chi connectivity index (χ2n) is 11.2. The third-order valence-electron chi connectivity index (χ3n) is 7.78. The van der Waals surface area contributed by atoms with Gasteiger partial charge in [-0.3, -0.25) is 4.79 Å². The molecule has 0 bridgehead atoms. The fourth-order valence-electron chi connectivity index (χ4n) is 5.25. The quantitative estimate of drug-likeness (QED) is 0.155. The predicted octanol–water partition coefficient (Wildman–Crippen LogP) is 8.16. The molecule has 4 N–H and O–H groups in total. The van der Waals surface area contributed by atoms with Gasteiger partial charge in [0, 0.05) is 33.9 Å². The number of hydrogen-bond acceptors (Lipinski definition) is 5. The van der Waals surface area contributed by atoms with Crippen molar-refractivity contribution in [3.05, 3.63) is 135 Å². The van der Waals surface area contributed by atoms with E-state index in [2.05, 4.69) is 10.6 Å². The average molecular weight is 700 g/mol. The Hall–Kier alpha value is -4.71. The first-order valence-electron chi connectivity index (χ1n) is 14.6. The van der Waals surface area contributed by atoms with Crippen LogP contribution in [0.15, 0.2) is 96.7 Å². The van der Waals surface area contributed by atoms with Crippen LogP contribution < -0.4 is 21.1 Å². The maximum atomic E-state index is 14.1. The molecule has 3 amide bonds. The van der Waals surface area contributed by atoms with Crippen molar-refractivity contribution in [2.45, 2.75) is 38.1 Å². The Morgan fingerprint density at radius 3 is 2.21 bits per heavy atom. The molecule has 0 fully saturated rings. The van der Waals surface area contributed by atoms with Crippen molar-refractivity contribution in [2.75, 3.05) is 12.4 Å². The Labute approximate surface area is 285 Å². The normalized spacial score (nSPS) is 16.2. The first-order valence-corrected chi connectivity index (χ1v) is 15.4. The molecule has 0 aromatic heterocycles. The maximum Gasteiger partial charge on any atom is 0.416 e. The van der Waals surface area contributed by atoms with Crippen molar-refractivity contribution in [3.63, 3.8) is 0 Å². The fraction of sp³-hybridized carbons (Fsp3) is 0.200. The van der Waals surface area contributed by atoms with E-state index < -0.39 is 35.4 Å². The van der Waals surface area contributed by atoms with Gasteiger partial charge in [0.2, 0.25) is 0 Å². The van der Waals surface area contributed by atoms with Crippen LogP contribution in [0.1, 0.15) is 40.8 Å². The van der Waals surface area contributed by atoms with Gasteiger partial charge in [0.15, 0.2) is 5.72 Å². The SMILES string of the molecule is CN(C(=O)C(NC(N)=O)c1cccc(C(F)(F)F)c1)C1=Cc2cc(OCc3ccccc3Cl)ccc2NC1(C)OCc1ccccc1Cl. The van der Waals surface area contributed by atoms with E-state index in [1.54, 1.807) is 55.5 Å². The molecule has 2 unspecified atom stereocenters. The van der Waals surface area contributed by atoms with E-state index >= 15 is 0 Å². The molecule has 1 aliphatic heterocycles. The largest absolute Gasteiger partial charge is 0.489 e. The molecule has 4 aromatic carbocycles. The minimum absolute atomic E-state index is 0.0352. The van der Waals surface area contributed by atoms with Gasteiger partial charge in [-0.05, 0) is 66.6 Å². The molecule has 2 atom stereocenters. The van der Waals surface area contributed by atoms with Gasteiger partial charge in [-0.2, -0.15) is 13.2 Å². The van der Waals surface area contributed by atoms with E-state index in [9.17, 15) is 22.8 Å². The first-order chi connectivity index (χ1) is 22.7. The molecule has 5 rings (SSSR count). The molecule has 0 radical (unpaired) electrons. The number of benzene rings is 4. The Morgan fingerprint density at radius 2 is 1.58 bits per heavy atom. The Morgan fingerprint density at radius 1 is 0.938 bits per heavy atom. The lowest BCUT2D eigenvalue weighted by molar-refractivity contribution is -0.138. The van der Waals surface area contributed by atoms with E-state index in [0.717, 1.165) is 23.8 Å². The number of halogens is 5. The number of rotatable bonds is 10. The second kappa shape index (κ2) is 14.2. The number of nitrogens with zero attached hydrogens (tertiary/aromatic N) is 1. The first kappa shape index (κ1) is 34.6. The van der Waals surface area contributed by atoms with E-state index in [1.807, 2.05) is 24.3 Å². The molecule has 0 spiro atoms. The third kappa shape index (κ3) is 7.87. The van der Waals surface area contributed by atoms with E-state index in [-0.39, 0.29) is 24.5 Å². The van der Waals surface area contributed by atoms with Crippen LogP contribution in [0, 0.1) is 0 Å². The number of carbonyl (C=O) groups is 2. The Kier molecular flexibility index (Phi) is 10.2. The topological polar surface area (TPSA) is 106 Å². The minimum atomic E-state index is -4.68. The molecule has 48 heavy (non-hydrogen) atoms. The van der Waals surface area contributed by atoms with Crippen LogP contribution in [0.4, 0.5) is 23.7 Å². The number of ether oxygens (including phenoxy) is 2. The van der Waals surface area contributed by atoms with Crippen LogP contribution >= 0.6 is 23.2 Å². The van der Waals surface area contributed by atoms with Crippen LogP contribution in [-0.4, -0.2) is 29.6 Å². The number of likely N-dealkylation sites (N-methyl/N-ethyl adjacent to an activating group) is 1. The molecule has 0 saturated heterocycles. The second-order valence-corrected chi connectivity index (χ2v) is 12.0. The molecule has 1 heterocycles. The summed E-state index contributed by atoms with van der Waals surface area (Å²) in [5.41, 5.74) is 5.93. The monoisotopic (exact) mass is 698 g/mol. The van der Waals surface area contributed by atoms with Gasteiger partial charge in [0.05, 0.1) is 17.9 Å². The summed E-state index contributed by atoms with van der Waals surface area (Å²) in [6.07, 6.45) is -2.98. The summed E-state index contributed by atoms with van der Waals surface area (Å²) in [5.74, 6) is -0.263. The third-order valence-corrected chi connectivity index (χ3v) is 8.51. The molecule has 0 saturated carbocycles. The number of urea groups is 1. The van der Waals surface area contributed by atoms with E-state index in [4.69, 9.17) is 38.4 Å². The Bertz CT molecular complexity index is 1870. The number of anilines is 1. The zero-order valence-electron chi connectivity index (χ0n) is 25.8. The number of fused-ring (bicyclic) bond motifs is 1. The van der Waals surface area contributed by atoms with E-state index in [0.29, 0.717) is 32.6 Å². The lowest BCUT2D eigenvalue weighted by Crippen LogP contribution is -2.51. The lowest BCUT2D eigenvalue weighted by atomic mass is 9.97. The van der Waals surface area contributed by atoms with Gasteiger partial charge in [-0.15, -0.1) is 0 Å². The lowest BCUT2D eigenvalue weighted by Gasteiger charge is -2.42. The average Bonchev–Trinajstić information content (AvgIpc) is 3.05. The zero-order chi connectivity index (χ0) is 34.6.